The molecule has 0 amide bonds. The van der Waals surface area contributed by atoms with E-state index < -0.39 is 0 Å². The maximum Gasteiger partial charge on any atom is 0.0186 e. The molecule has 0 saturated heterocycles. The van der Waals surface area contributed by atoms with E-state index in [4.69, 9.17) is 0 Å². The summed E-state index contributed by atoms with van der Waals surface area (Å²) in [6, 6.07) is 0.787. The summed E-state index contributed by atoms with van der Waals surface area (Å²) in [4.78, 5) is 0. The van der Waals surface area contributed by atoms with Crippen molar-refractivity contribution in [2.75, 3.05) is 18.1 Å². The summed E-state index contributed by atoms with van der Waals surface area (Å²) in [6.07, 6.45) is 8.59. The molecule has 90 valence electrons. The second-order valence-corrected chi connectivity index (χ2v) is 5.94. The average Bonchev–Trinajstić information content (AvgIpc) is 2.30. The van der Waals surface area contributed by atoms with Gasteiger partial charge in [0, 0.05) is 11.8 Å². The van der Waals surface area contributed by atoms with E-state index in [2.05, 4.69) is 30.9 Å². The lowest BCUT2D eigenvalue weighted by atomic mass is 9.84. The van der Waals surface area contributed by atoms with Crippen LogP contribution in [-0.2, 0) is 0 Å². The highest BCUT2D eigenvalue weighted by Gasteiger charge is 2.22. The molecule has 1 rings (SSSR count). The molecular formula is C13H27NS. The monoisotopic (exact) mass is 229 g/mol. The molecule has 0 radical (unpaired) electrons. The maximum atomic E-state index is 3.75. The summed E-state index contributed by atoms with van der Waals surface area (Å²) in [5.41, 5.74) is 0. The zero-order chi connectivity index (χ0) is 10.9. The second-order valence-electron chi connectivity index (χ2n) is 4.62. The molecule has 1 fully saturated rings. The molecule has 1 nitrogen and oxygen atoms in total. The first-order valence-corrected chi connectivity index (χ1v) is 7.85. The van der Waals surface area contributed by atoms with Gasteiger partial charge in [0.05, 0.1) is 0 Å². The molecule has 1 aliphatic rings. The van der Waals surface area contributed by atoms with E-state index in [-0.39, 0.29) is 0 Å². The van der Waals surface area contributed by atoms with Crippen LogP contribution >= 0.6 is 11.8 Å². The van der Waals surface area contributed by atoms with Gasteiger partial charge >= 0.3 is 0 Å². The predicted molar refractivity (Wildman–Crippen MR) is 71.7 cm³/mol. The van der Waals surface area contributed by atoms with Crippen molar-refractivity contribution in [1.82, 2.24) is 5.32 Å². The summed E-state index contributed by atoms with van der Waals surface area (Å²) in [7, 11) is 0. The van der Waals surface area contributed by atoms with Crippen molar-refractivity contribution < 1.29 is 0 Å². The van der Waals surface area contributed by atoms with Crippen molar-refractivity contribution in [3.05, 3.63) is 0 Å². The SMILES string of the molecule is CCCNC(CSCC)C1CCCCC1. The van der Waals surface area contributed by atoms with Gasteiger partial charge in [0.2, 0.25) is 0 Å². The Balaban J connectivity index is 2.30. The molecule has 0 aromatic rings. The van der Waals surface area contributed by atoms with Gasteiger partial charge in [-0.05, 0) is 37.5 Å². The molecule has 15 heavy (non-hydrogen) atoms. The highest BCUT2D eigenvalue weighted by atomic mass is 32.2. The number of hydrogen-bond acceptors (Lipinski definition) is 2. The van der Waals surface area contributed by atoms with Gasteiger partial charge in [-0.3, -0.25) is 0 Å². The van der Waals surface area contributed by atoms with Crippen molar-refractivity contribution in [2.45, 2.75) is 58.4 Å². The largest absolute Gasteiger partial charge is 0.313 e. The molecule has 1 saturated carbocycles. The second kappa shape index (κ2) is 8.46. The van der Waals surface area contributed by atoms with Crippen LogP contribution < -0.4 is 5.32 Å². The van der Waals surface area contributed by atoms with Gasteiger partial charge in [-0.25, -0.2) is 0 Å². The van der Waals surface area contributed by atoms with Crippen LogP contribution in [0.3, 0.4) is 0 Å². The Morgan fingerprint density at radius 3 is 2.53 bits per heavy atom. The van der Waals surface area contributed by atoms with Crippen molar-refractivity contribution in [3.63, 3.8) is 0 Å². The Hall–Kier alpha value is 0.310. The van der Waals surface area contributed by atoms with Gasteiger partial charge in [0.25, 0.3) is 0 Å². The van der Waals surface area contributed by atoms with E-state index in [9.17, 15) is 0 Å². The van der Waals surface area contributed by atoms with Crippen molar-refractivity contribution in [2.24, 2.45) is 5.92 Å². The number of thioether (sulfide) groups is 1. The van der Waals surface area contributed by atoms with Gasteiger partial charge < -0.3 is 5.32 Å². The fourth-order valence-corrected chi connectivity index (χ4v) is 3.35. The zero-order valence-corrected chi connectivity index (χ0v) is 11.2. The van der Waals surface area contributed by atoms with E-state index in [1.54, 1.807) is 0 Å². The Morgan fingerprint density at radius 1 is 1.20 bits per heavy atom. The molecule has 0 aliphatic heterocycles. The molecular weight excluding hydrogens is 202 g/mol. The molecule has 0 aromatic heterocycles. The number of hydrogen-bond donors (Lipinski definition) is 1. The van der Waals surface area contributed by atoms with Gasteiger partial charge in [-0.2, -0.15) is 11.8 Å². The molecule has 1 atom stereocenters. The Bertz CT molecular complexity index is 135. The molecule has 0 bridgehead atoms. The predicted octanol–water partition coefficient (Wildman–Crippen LogP) is 3.69. The molecule has 0 spiro atoms. The highest BCUT2D eigenvalue weighted by molar-refractivity contribution is 7.99. The summed E-state index contributed by atoms with van der Waals surface area (Å²) in [6.45, 7) is 5.73. The minimum Gasteiger partial charge on any atom is -0.313 e. The standard InChI is InChI=1S/C13H27NS/c1-3-10-14-13(11-15-4-2)12-8-6-5-7-9-12/h12-14H,3-11H2,1-2H3. The summed E-state index contributed by atoms with van der Waals surface area (Å²) >= 11 is 2.10. The molecule has 0 aromatic carbocycles. The van der Waals surface area contributed by atoms with Gasteiger partial charge in [0.1, 0.15) is 0 Å². The molecule has 1 N–H and O–H groups in total. The van der Waals surface area contributed by atoms with E-state index in [0.29, 0.717) is 0 Å². The van der Waals surface area contributed by atoms with Gasteiger partial charge in [-0.15, -0.1) is 0 Å². The fourth-order valence-electron chi connectivity index (χ4n) is 2.47. The Kier molecular flexibility index (Phi) is 7.54. The van der Waals surface area contributed by atoms with Crippen LogP contribution in [0, 0.1) is 5.92 Å². The van der Waals surface area contributed by atoms with Crippen LogP contribution in [0.4, 0.5) is 0 Å². The molecule has 1 unspecified atom stereocenters. The van der Waals surface area contributed by atoms with Crippen LogP contribution in [0.25, 0.3) is 0 Å². The van der Waals surface area contributed by atoms with Gasteiger partial charge in [-0.1, -0.05) is 33.1 Å². The minimum absolute atomic E-state index is 0.787. The van der Waals surface area contributed by atoms with Crippen molar-refractivity contribution in [3.8, 4) is 0 Å². The topological polar surface area (TPSA) is 12.0 Å². The number of rotatable bonds is 7. The van der Waals surface area contributed by atoms with Crippen LogP contribution in [0.2, 0.25) is 0 Å². The quantitative estimate of drug-likeness (QED) is 0.714. The van der Waals surface area contributed by atoms with E-state index in [0.717, 1.165) is 12.0 Å². The molecule has 0 heterocycles. The van der Waals surface area contributed by atoms with E-state index in [1.165, 1.54) is 56.6 Å². The summed E-state index contributed by atoms with van der Waals surface area (Å²) < 4.78 is 0. The van der Waals surface area contributed by atoms with Crippen molar-refractivity contribution in [1.29, 1.82) is 0 Å². The van der Waals surface area contributed by atoms with Crippen molar-refractivity contribution >= 4 is 11.8 Å². The van der Waals surface area contributed by atoms with E-state index >= 15 is 0 Å². The summed E-state index contributed by atoms with van der Waals surface area (Å²) in [5.74, 6) is 3.54. The van der Waals surface area contributed by atoms with Crippen LogP contribution in [0.1, 0.15) is 52.4 Å². The lowest BCUT2D eigenvalue weighted by molar-refractivity contribution is 0.285. The first-order valence-electron chi connectivity index (χ1n) is 6.69. The highest BCUT2D eigenvalue weighted by Crippen LogP contribution is 2.27. The zero-order valence-electron chi connectivity index (χ0n) is 10.4. The summed E-state index contributed by atoms with van der Waals surface area (Å²) in [5, 5.41) is 3.75. The van der Waals surface area contributed by atoms with Crippen LogP contribution in [-0.4, -0.2) is 24.1 Å². The Labute approximate surface area is 99.8 Å². The van der Waals surface area contributed by atoms with Crippen LogP contribution in [0.15, 0.2) is 0 Å². The first-order chi connectivity index (χ1) is 7.38. The van der Waals surface area contributed by atoms with Crippen LogP contribution in [0.5, 0.6) is 0 Å². The smallest absolute Gasteiger partial charge is 0.0186 e. The minimum atomic E-state index is 0.787. The normalized spacial score (nSPS) is 20.4. The number of nitrogens with one attached hydrogen (secondary N) is 1. The first kappa shape index (κ1) is 13.4. The maximum absolute atomic E-state index is 3.75. The fraction of sp³-hybridized carbons (Fsp3) is 1.00. The van der Waals surface area contributed by atoms with Gasteiger partial charge in [0.15, 0.2) is 0 Å². The molecule has 2 heteroatoms. The van der Waals surface area contributed by atoms with E-state index in [1.807, 2.05) is 0 Å². The third-order valence-electron chi connectivity index (χ3n) is 3.38. The lowest BCUT2D eigenvalue weighted by Gasteiger charge is -2.31. The lowest BCUT2D eigenvalue weighted by Crippen LogP contribution is -2.39. The Morgan fingerprint density at radius 2 is 1.93 bits per heavy atom. The average molecular weight is 229 g/mol. The molecule has 1 aliphatic carbocycles. The third kappa shape index (κ3) is 5.26. The third-order valence-corrected chi connectivity index (χ3v) is 4.38.